The van der Waals surface area contributed by atoms with Gasteiger partial charge in [-0.05, 0) is 43.4 Å². The van der Waals surface area contributed by atoms with Crippen LogP contribution in [0.5, 0.6) is 0 Å². The summed E-state index contributed by atoms with van der Waals surface area (Å²) in [7, 11) is 0. The molecule has 1 amide bonds. The Bertz CT molecular complexity index is 811. The number of pyridine rings is 1. The lowest BCUT2D eigenvalue weighted by atomic mass is 9.86. The van der Waals surface area contributed by atoms with Gasteiger partial charge < -0.3 is 9.64 Å². The number of ketones is 1. The number of halogens is 1. The molecule has 0 spiro atoms. The van der Waals surface area contributed by atoms with E-state index in [4.69, 9.17) is 4.74 Å². The van der Waals surface area contributed by atoms with Crippen molar-refractivity contribution in [1.82, 2.24) is 9.88 Å². The number of hydrogen-bond donors (Lipinski definition) is 0. The van der Waals surface area contributed by atoms with Crippen LogP contribution in [0.3, 0.4) is 0 Å². The molecule has 2 fully saturated rings. The number of amides is 1. The van der Waals surface area contributed by atoms with E-state index in [0.29, 0.717) is 18.5 Å². The molecule has 27 heavy (non-hydrogen) atoms. The maximum absolute atomic E-state index is 13.0. The zero-order valence-corrected chi connectivity index (χ0v) is 14.9. The Hall–Kier alpha value is -2.76. The molecule has 5 nitrogen and oxygen atoms in total. The zero-order valence-electron chi connectivity index (χ0n) is 14.9. The van der Waals surface area contributed by atoms with Crippen molar-refractivity contribution in [2.24, 2.45) is 5.92 Å². The monoisotopic (exact) mass is 368 g/mol. The second kappa shape index (κ2) is 7.47. The van der Waals surface area contributed by atoms with Gasteiger partial charge in [-0.2, -0.15) is 0 Å². The lowest BCUT2D eigenvalue weighted by Crippen LogP contribution is -2.48. The van der Waals surface area contributed by atoms with Crippen molar-refractivity contribution in [3.05, 3.63) is 65.7 Å². The topological polar surface area (TPSA) is 59.5 Å². The Kier molecular flexibility index (Phi) is 4.88. The van der Waals surface area contributed by atoms with Gasteiger partial charge in [0.25, 0.3) is 0 Å². The summed E-state index contributed by atoms with van der Waals surface area (Å²) in [6, 6.07) is 12.3. The van der Waals surface area contributed by atoms with Gasteiger partial charge in [-0.1, -0.05) is 30.3 Å². The van der Waals surface area contributed by atoms with Crippen LogP contribution in [0.4, 0.5) is 9.18 Å². The van der Waals surface area contributed by atoms with E-state index in [1.54, 1.807) is 0 Å². The van der Waals surface area contributed by atoms with Gasteiger partial charge in [0.05, 0.1) is 6.20 Å². The third-order valence-electron chi connectivity index (χ3n) is 5.50. The second-order valence-corrected chi connectivity index (χ2v) is 7.23. The Morgan fingerprint density at radius 1 is 1.07 bits per heavy atom. The van der Waals surface area contributed by atoms with Crippen LogP contribution in [0.1, 0.15) is 41.7 Å². The molecule has 140 valence electrons. The van der Waals surface area contributed by atoms with Crippen LogP contribution in [0, 0.1) is 11.7 Å². The summed E-state index contributed by atoms with van der Waals surface area (Å²) in [5.41, 5.74) is 1.24. The van der Waals surface area contributed by atoms with Gasteiger partial charge in [0, 0.05) is 18.0 Å². The number of rotatable bonds is 4. The fourth-order valence-corrected chi connectivity index (χ4v) is 4.21. The maximum Gasteiger partial charge on any atom is 0.410 e. The number of aromatic nitrogens is 1. The highest BCUT2D eigenvalue weighted by atomic mass is 19.1. The molecule has 1 aromatic carbocycles. The summed E-state index contributed by atoms with van der Waals surface area (Å²) >= 11 is 0. The van der Waals surface area contributed by atoms with Crippen LogP contribution in [-0.4, -0.2) is 33.8 Å². The maximum atomic E-state index is 13.0. The molecule has 2 saturated heterocycles. The minimum atomic E-state index is -0.456. The minimum absolute atomic E-state index is 0.0152. The Morgan fingerprint density at radius 3 is 2.41 bits per heavy atom. The van der Waals surface area contributed by atoms with Crippen LogP contribution in [-0.2, 0) is 11.3 Å². The lowest BCUT2D eigenvalue weighted by molar-refractivity contribution is 0.0483. The Balaban J connectivity index is 1.39. The molecule has 2 aliphatic heterocycles. The molecule has 1 aromatic heterocycles. The number of fused-ring (bicyclic) bond motifs is 2. The molecule has 6 heteroatoms. The van der Waals surface area contributed by atoms with Gasteiger partial charge in [0.15, 0.2) is 5.78 Å². The molecule has 0 N–H and O–H groups in total. The van der Waals surface area contributed by atoms with Gasteiger partial charge in [-0.3, -0.25) is 9.78 Å². The molecule has 0 saturated carbocycles. The number of nitrogens with zero attached hydrogens (tertiary/aromatic N) is 2. The standard InChI is InChI=1S/C21H21FN2O3/c22-16-6-9-19(23-12-16)20(25)15-10-17-7-8-18(11-15)24(17)21(26)27-13-14-4-2-1-3-5-14/h1-6,9,12,15,17-18H,7-8,10-11,13H2. The van der Waals surface area contributed by atoms with Gasteiger partial charge >= 0.3 is 6.09 Å². The van der Waals surface area contributed by atoms with Gasteiger partial charge in [-0.15, -0.1) is 0 Å². The smallest absolute Gasteiger partial charge is 0.410 e. The first kappa shape index (κ1) is 17.6. The second-order valence-electron chi connectivity index (χ2n) is 7.23. The minimum Gasteiger partial charge on any atom is -0.445 e. The number of carbonyl (C=O) groups is 2. The number of Topliss-reactive ketones (excluding diaryl/α,β-unsaturated/α-hetero) is 1. The van der Waals surface area contributed by atoms with Crippen molar-refractivity contribution in [2.75, 3.05) is 0 Å². The summed E-state index contributed by atoms with van der Waals surface area (Å²) in [5.74, 6) is -0.703. The van der Waals surface area contributed by atoms with E-state index in [-0.39, 0.29) is 36.5 Å². The highest BCUT2D eigenvalue weighted by Crippen LogP contribution is 2.40. The fraction of sp³-hybridized carbons (Fsp3) is 0.381. The van der Waals surface area contributed by atoms with E-state index in [2.05, 4.69) is 4.98 Å². The average Bonchev–Trinajstić information content (AvgIpc) is 2.96. The first-order chi connectivity index (χ1) is 13.1. The molecule has 4 rings (SSSR count). The molecular formula is C21H21FN2O3. The molecule has 0 aliphatic carbocycles. The molecule has 0 radical (unpaired) electrons. The predicted molar refractivity (Wildman–Crippen MR) is 96.5 cm³/mol. The highest BCUT2D eigenvalue weighted by molar-refractivity contribution is 5.96. The van der Waals surface area contributed by atoms with E-state index >= 15 is 0 Å². The molecule has 2 aromatic rings. The third-order valence-corrected chi connectivity index (χ3v) is 5.50. The van der Waals surface area contributed by atoms with Crippen molar-refractivity contribution < 1.29 is 18.7 Å². The molecule has 3 heterocycles. The van der Waals surface area contributed by atoms with Crippen LogP contribution in [0.15, 0.2) is 48.7 Å². The van der Waals surface area contributed by atoms with E-state index in [0.717, 1.165) is 24.6 Å². The largest absolute Gasteiger partial charge is 0.445 e. The van der Waals surface area contributed by atoms with Gasteiger partial charge in [-0.25, -0.2) is 9.18 Å². The molecule has 2 aliphatic rings. The van der Waals surface area contributed by atoms with Crippen molar-refractivity contribution in [3.63, 3.8) is 0 Å². The van der Waals surface area contributed by atoms with Crippen molar-refractivity contribution >= 4 is 11.9 Å². The highest BCUT2D eigenvalue weighted by Gasteiger charge is 2.46. The number of carbonyl (C=O) groups excluding carboxylic acids is 2. The number of benzene rings is 1. The first-order valence-electron chi connectivity index (χ1n) is 9.26. The summed E-state index contributed by atoms with van der Waals surface area (Å²) in [6.07, 6.45) is 3.73. The zero-order chi connectivity index (χ0) is 18.8. The normalized spacial score (nSPS) is 23.9. The van der Waals surface area contributed by atoms with E-state index in [1.165, 1.54) is 12.1 Å². The van der Waals surface area contributed by atoms with E-state index in [1.807, 2.05) is 35.2 Å². The quantitative estimate of drug-likeness (QED) is 0.766. The molecule has 2 bridgehead atoms. The predicted octanol–water partition coefficient (Wildman–Crippen LogP) is 3.98. The number of ether oxygens (including phenoxy) is 1. The summed E-state index contributed by atoms with van der Waals surface area (Å²) in [5, 5.41) is 0. The van der Waals surface area contributed by atoms with Gasteiger partial charge in [0.2, 0.25) is 0 Å². The Morgan fingerprint density at radius 2 is 1.78 bits per heavy atom. The van der Waals surface area contributed by atoms with E-state index < -0.39 is 5.82 Å². The van der Waals surface area contributed by atoms with Crippen molar-refractivity contribution in [3.8, 4) is 0 Å². The van der Waals surface area contributed by atoms with E-state index in [9.17, 15) is 14.0 Å². The summed E-state index contributed by atoms with van der Waals surface area (Å²) in [4.78, 5) is 31.0. The summed E-state index contributed by atoms with van der Waals surface area (Å²) < 4.78 is 18.5. The number of hydrogen-bond acceptors (Lipinski definition) is 4. The van der Waals surface area contributed by atoms with Crippen molar-refractivity contribution in [1.29, 1.82) is 0 Å². The molecule has 2 unspecified atom stereocenters. The fourth-order valence-electron chi connectivity index (χ4n) is 4.21. The Labute approximate surface area is 157 Å². The van der Waals surface area contributed by atoms with Crippen LogP contribution in [0.25, 0.3) is 0 Å². The average molecular weight is 368 g/mol. The van der Waals surface area contributed by atoms with Crippen LogP contribution in [0.2, 0.25) is 0 Å². The van der Waals surface area contributed by atoms with Crippen molar-refractivity contribution in [2.45, 2.75) is 44.4 Å². The third kappa shape index (κ3) is 3.70. The molecule has 2 atom stereocenters. The first-order valence-corrected chi connectivity index (χ1v) is 9.26. The van der Waals surface area contributed by atoms with Crippen LogP contribution < -0.4 is 0 Å². The number of piperidine rings is 1. The lowest BCUT2D eigenvalue weighted by Gasteiger charge is -2.37. The molecular weight excluding hydrogens is 347 g/mol. The summed E-state index contributed by atoms with van der Waals surface area (Å²) in [6.45, 7) is 0.247. The van der Waals surface area contributed by atoms with Gasteiger partial charge in [0.1, 0.15) is 18.1 Å². The SMILES string of the molecule is O=C(c1ccc(F)cn1)C1CC2CCC(C1)N2C(=O)OCc1ccccc1. The van der Waals surface area contributed by atoms with Crippen LogP contribution >= 0.6 is 0 Å².